The number of carbonyl (C=O) groups is 1. The zero-order valence-electron chi connectivity index (χ0n) is 8.42. The molecule has 0 radical (unpaired) electrons. The molecule has 0 heterocycles. The second kappa shape index (κ2) is 5.40. The number of rotatable bonds is 4. The van der Waals surface area contributed by atoms with Crippen LogP contribution in [-0.4, -0.2) is 12.5 Å². The van der Waals surface area contributed by atoms with Gasteiger partial charge in [0.05, 0.1) is 6.42 Å². The van der Waals surface area contributed by atoms with E-state index in [9.17, 15) is 4.79 Å². The lowest BCUT2D eigenvalue weighted by Crippen LogP contribution is -2.24. The normalized spacial score (nSPS) is 9.86. The van der Waals surface area contributed by atoms with Crippen LogP contribution in [-0.2, 0) is 17.8 Å². The van der Waals surface area contributed by atoms with Crippen LogP contribution < -0.4 is 11.1 Å². The summed E-state index contributed by atoms with van der Waals surface area (Å²) in [6, 6.07) is 7.79. The summed E-state index contributed by atoms with van der Waals surface area (Å²) < 4.78 is 0. The Morgan fingerprint density at radius 1 is 1.29 bits per heavy atom. The minimum Gasteiger partial charge on any atom is -0.356 e. The van der Waals surface area contributed by atoms with E-state index in [2.05, 4.69) is 5.32 Å². The van der Waals surface area contributed by atoms with Crippen molar-refractivity contribution in [1.82, 2.24) is 5.32 Å². The highest BCUT2D eigenvalue weighted by atomic mass is 16.1. The maximum Gasteiger partial charge on any atom is 0.224 e. The molecule has 0 spiro atoms. The van der Waals surface area contributed by atoms with Crippen molar-refractivity contribution in [3.8, 4) is 0 Å². The first kappa shape index (κ1) is 10.7. The summed E-state index contributed by atoms with van der Waals surface area (Å²) >= 11 is 0. The fourth-order valence-electron chi connectivity index (χ4n) is 1.24. The monoisotopic (exact) mass is 192 g/mol. The third kappa shape index (κ3) is 3.18. The molecule has 76 valence electrons. The second-order valence-corrected chi connectivity index (χ2v) is 3.15. The fourth-order valence-corrected chi connectivity index (χ4v) is 1.24. The topological polar surface area (TPSA) is 55.1 Å². The lowest BCUT2D eigenvalue weighted by atomic mass is 10.1. The van der Waals surface area contributed by atoms with Crippen LogP contribution in [0.15, 0.2) is 24.3 Å². The number of nitrogens with one attached hydrogen (secondary N) is 1. The smallest absolute Gasteiger partial charge is 0.224 e. The van der Waals surface area contributed by atoms with E-state index >= 15 is 0 Å². The van der Waals surface area contributed by atoms with Crippen molar-refractivity contribution in [3.63, 3.8) is 0 Å². The van der Waals surface area contributed by atoms with E-state index in [1.165, 1.54) is 0 Å². The molecule has 1 amide bonds. The van der Waals surface area contributed by atoms with Gasteiger partial charge in [0, 0.05) is 13.1 Å². The molecule has 3 N–H and O–H groups in total. The molecule has 0 aromatic heterocycles. The fraction of sp³-hybridized carbons (Fsp3) is 0.364. The summed E-state index contributed by atoms with van der Waals surface area (Å²) in [6.07, 6.45) is 0.443. The van der Waals surface area contributed by atoms with Gasteiger partial charge < -0.3 is 11.1 Å². The summed E-state index contributed by atoms with van der Waals surface area (Å²) in [4.78, 5) is 11.2. The van der Waals surface area contributed by atoms with Gasteiger partial charge in [0.25, 0.3) is 0 Å². The third-order valence-corrected chi connectivity index (χ3v) is 2.00. The number of hydrogen-bond acceptors (Lipinski definition) is 2. The van der Waals surface area contributed by atoms with Crippen LogP contribution in [0.5, 0.6) is 0 Å². The van der Waals surface area contributed by atoms with E-state index in [1.54, 1.807) is 0 Å². The van der Waals surface area contributed by atoms with Crippen molar-refractivity contribution in [3.05, 3.63) is 35.4 Å². The quantitative estimate of drug-likeness (QED) is 0.742. The van der Waals surface area contributed by atoms with Gasteiger partial charge in [0.2, 0.25) is 5.91 Å². The van der Waals surface area contributed by atoms with E-state index in [0.717, 1.165) is 11.1 Å². The lowest BCUT2D eigenvalue weighted by Gasteiger charge is -2.03. The highest BCUT2D eigenvalue weighted by molar-refractivity contribution is 5.78. The molecule has 1 aromatic carbocycles. The van der Waals surface area contributed by atoms with Crippen LogP contribution in [0.2, 0.25) is 0 Å². The predicted octanol–water partition coefficient (Wildman–Crippen LogP) is 0.824. The van der Waals surface area contributed by atoms with Gasteiger partial charge in [-0.15, -0.1) is 0 Å². The summed E-state index contributed by atoms with van der Waals surface area (Å²) in [5.41, 5.74) is 7.58. The van der Waals surface area contributed by atoms with Crippen molar-refractivity contribution in [2.75, 3.05) is 6.54 Å². The van der Waals surface area contributed by atoms with E-state index in [1.807, 2.05) is 31.2 Å². The van der Waals surface area contributed by atoms with Crippen molar-refractivity contribution < 1.29 is 4.79 Å². The Morgan fingerprint density at radius 3 is 2.36 bits per heavy atom. The first-order valence-corrected chi connectivity index (χ1v) is 4.81. The molecule has 1 rings (SSSR count). The Labute approximate surface area is 84.3 Å². The van der Waals surface area contributed by atoms with E-state index in [-0.39, 0.29) is 5.91 Å². The van der Waals surface area contributed by atoms with Gasteiger partial charge in [-0.3, -0.25) is 4.79 Å². The largest absolute Gasteiger partial charge is 0.356 e. The zero-order chi connectivity index (χ0) is 10.4. The van der Waals surface area contributed by atoms with E-state index in [0.29, 0.717) is 19.5 Å². The summed E-state index contributed by atoms with van der Waals surface area (Å²) in [5.74, 6) is 0.0630. The number of benzene rings is 1. The van der Waals surface area contributed by atoms with Crippen LogP contribution in [0.1, 0.15) is 18.1 Å². The average molecular weight is 192 g/mol. The van der Waals surface area contributed by atoms with Gasteiger partial charge in [-0.05, 0) is 18.1 Å². The van der Waals surface area contributed by atoms with Gasteiger partial charge in [-0.2, -0.15) is 0 Å². The van der Waals surface area contributed by atoms with Crippen LogP contribution in [0.25, 0.3) is 0 Å². The third-order valence-electron chi connectivity index (χ3n) is 2.00. The SMILES string of the molecule is CCNC(=O)Cc1ccc(CN)cc1. The predicted molar refractivity (Wildman–Crippen MR) is 56.7 cm³/mol. The number of likely N-dealkylation sites (N-methyl/N-ethyl adjacent to an activating group) is 1. The highest BCUT2D eigenvalue weighted by Crippen LogP contribution is 2.04. The van der Waals surface area contributed by atoms with Crippen molar-refractivity contribution in [2.45, 2.75) is 19.9 Å². The number of hydrogen-bond donors (Lipinski definition) is 2. The van der Waals surface area contributed by atoms with E-state index in [4.69, 9.17) is 5.73 Å². The minimum atomic E-state index is 0.0630. The molecule has 0 aliphatic carbocycles. The average Bonchev–Trinajstić information content (AvgIpc) is 2.19. The van der Waals surface area contributed by atoms with Crippen molar-refractivity contribution >= 4 is 5.91 Å². The summed E-state index contributed by atoms with van der Waals surface area (Å²) in [6.45, 7) is 3.14. The number of nitrogens with two attached hydrogens (primary N) is 1. The molecule has 0 atom stereocenters. The highest BCUT2D eigenvalue weighted by Gasteiger charge is 2.00. The van der Waals surface area contributed by atoms with E-state index < -0.39 is 0 Å². The number of carbonyl (C=O) groups excluding carboxylic acids is 1. The molecule has 0 unspecified atom stereocenters. The first-order valence-electron chi connectivity index (χ1n) is 4.81. The maximum absolute atomic E-state index is 11.2. The second-order valence-electron chi connectivity index (χ2n) is 3.15. The van der Waals surface area contributed by atoms with Gasteiger partial charge in [0.15, 0.2) is 0 Å². The molecular formula is C11H16N2O. The van der Waals surface area contributed by atoms with Gasteiger partial charge >= 0.3 is 0 Å². The van der Waals surface area contributed by atoms with Crippen LogP contribution >= 0.6 is 0 Å². The molecular weight excluding hydrogens is 176 g/mol. The molecule has 3 heteroatoms. The van der Waals surface area contributed by atoms with Gasteiger partial charge in [-0.25, -0.2) is 0 Å². The first-order chi connectivity index (χ1) is 6.76. The Bertz CT molecular complexity index is 293. The van der Waals surface area contributed by atoms with Gasteiger partial charge in [0.1, 0.15) is 0 Å². The minimum absolute atomic E-state index is 0.0630. The van der Waals surface area contributed by atoms with Gasteiger partial charge in [-0.1, -0.05) is 24.3 Å². The molecule has 0 fully saturated rings. The molecule has 1 aromatic rings. The molecule has 0 aliphatic heterocycles. The zero-order valence-corrected chi connectivity index (χ0v) is 8.42. The Balaban J connectivity index is 2.55. The van der Waals surface area contributed by atoms with Crippen LogP contribution in [0, 0.1) is 0 Å². The van der Waals surface area contributed by atoms with Crippen LogP contribution in [0.3, 0.4) is 0 Å². The molecule has 14 heavy (non-hydrogen) atoms. The van der Waals surface area contributed by atoms with Crippen molar-refractivity contribution in [2.24, 2.45) is 5.73 Å². The van der Waals surface area contributed by atoms with Crippen LogP contribution in [0.4, 0.5) is 0 Å². The molecule has 0 bridgehead atoms. The standard InChI is InChI=1S/C11H16N2O/c1-2-13-11(14)7-9-3-5-10(8-12)6-4-9/h3-6H,2,7-8,12H2,1H3,(H,13,14). The number of amides is 1. The maximum atomic E-state index is 11.2. The molecule has 3 nitrogen and oxygen atoms in total. The Morgan fingerprint density at radius 2 is 1.86 bits per heavy atom. The Hall–Kier alpha value is -1.35. The Kier molecular flexibility index (Phi) is 4.13. The molecule has 0 saturated carbocycles. The lowest BCUT2D eigenvalue weighted by molar-refractivity contribution is -0.120. The van der Waals surface area contributed by atoms with Crippen molar-refractivity contribution in [1.29, 1.82) is 0 Å². The summed E-state index contributed by atoms with van der Waals surface area (Å²) in [5, 5.41) is 2.76. The molecule has 0 saturated heterocycles. The summed E-state index contributed by atoms with van der Waals surface area (Å²) in [7, 11) is 0. The molecule has 0 aliphatic rings.